The van der Waals surface area contributed by atoms with Gasteiger partial charge in [-0.1, -0.05) is 0 Å². The Morgan fingerprint density at radius 1 is 0.933 bits per heavy atom. The molecule has 0 spiro atoms. The average molecular weight is 243 g/mol. The minimum absolute atomic E-state index is 0. The Hall–Kier alpha value is -0.0105. The van der Waals surface area contributed by atoms with Crippen molar-refractivity contribution in [2.75, 3.05) is 7.05 Å². The van der Waals surface area contributed by atoms with E-state index < -0.39 is 0 Å². The minimum atomic E-state index is 0. The number of nitrogens with zero attached hydrogens (tertiary/aromatic N) is 1. The molecule has 2 saturated carbocycles. The van der Waals surface area contributed by atoms with Crippen LogP contribution in [0.1, 0.15) is 0 Å². The normalized spacial score (nSPS) is 21.8. The second-order valence-electron chi connectivity index (χ2n) is 2.86. The summed E-state index contributed by atoms with van der Waals surface area (Å²) in [6, 6.07) is 0. The smallest absolute Gasteiger partial charge is 0.624 e. The summed E-state index contributed by atoms with van der Waals surface area (Å²) in [6.07, 6.45) is 19.1. The average Bonchev–Trinajstić information content (AvgIpc) is 2.75. The monoisotopic (exact) mass is 243 g/mol. The molecule has 0 aliphatic heterocycles. The molecule has 2 rings (SSSR count). The van der Waals surface area contributed by atoms with Gasteiger partial charge in [0.05, 0.1) is 5.92 Å². The predicted octanol–water partition coefficient (Wildman–Crippen LogP) is 1.62. The largest absolute Gasteiger partial charge is 2.00 e. The fourth-order valence-corrected chi connectivity index (χ4v) is 1.01. The Kier molecular flexibility index (Phi) is 9.23. The van der Waals surface area contributed by atoms with Gasteiger partial charge in [0, 0.05) is 0 Å². The maximum absolute atomic E-state index is 10.4. The molecule has 0 N–H and O–H groups in total. The van der Waals surface area contributed by atoms with Crippen molar-refractivity contribution in [3.8, 4) is 0 Å². The third-order valence-electron chi connectivity index (χ3n) is 1.57. The van der Waals surface area contributed by atoms with Crippen LogP contribution < -0.4 is 0 Å². The molecule has 0 amide bonds. The van der Waals surface area contributed by atoms with Crippen LogP contribution in [0.5, 0.6) is 0 Å². The molecule has 10 radical (unpaired) electrons. The SMILES string of the molecule is C/[N+]([O-])=C\[C]1[CH][CH][CH][CH]1.[CH]1[CH][CH][CH][CH]1.[Fe+2]. The molecule has 0 unspecified atom stereocenters. The molecular weight excluding hydrogens is 230 g/mol. The van der Waals surface area contributed by atoms with E-state index in [2.05, 4.69) is 0 Å². The zero-order valence-electron chi connectivity index (χ0n) is 8.48. The van der Waals surface area contributed by atoms with Crippen LogP contribution in [0.15, 0.2) is 0 Å². The van der Waals surface area contributed by atoms with Crippen LogP contribution in [0.2, 0.25) is 0 Å². The quantitative estimate of drug-likeness (QED) is 0.226. The van der Waals surface area contributed by atoms with Crippen LogP contribution >= 0.6 is 0 Å². The fraction of sp³-hybridized carbons (Fsp3) is 0.0833. The van der Waals surface area contributed by atoms with E-state index in [4.69, 9.17) is 0 Å². The summed E-state index contributed by atoms with van der Waals surface area (Å²) < 4.78 is 0.787. The van der Waals surface area contributed by atoms with E-state index in [1.165, 1.54) is 13.3 Å². The van der Waals surface area contributed by atoms with Crippen molar-refractivity contribution in [2.24, 2.45) is 0 Å². The molecule has 0 aromatic heterocycles. The molecule has 0 bridgehead atoms. The van der Waals surface area contributed by atoms with Gasteiger partial charge in [-0.2, -0.15) is 0 Å². The minimum Gasteiger partial charge on any atom is -0.624 e. The Labute approximate surface area is 104 Å². The first-order chi connectivity index (χ1) is 6.79. The van der Waals surface area contributed by atoms with Gasteiger partial charge in [0.2, 0.25) is 0 Å². The summed E-state index contributed by atoms with van der Waals surface area (Å²) in [6.45, 7) is 0. The van der Waals surface area contributed by atoms with Crippen LogP contribution in [0.3, 0.4) is 0 Å². The second kappa shape index (κ2) is 9.23. The molecule has 2 fully saturated rings. The number of hydrogen-bond acceptors (Lipinski definition) is 1. The molecule has 0 atom stereocenters. The third kappa shape index (κ3) is 7.87. The molecule has 0 heterocycles. The van der Waals surface area contributed by atoms with Crippen LogP contribution in [0.25, 0.3) is 0 Å². The van der Waals surface area contributed by atoms with Gasteiger partial charge in [-0.25, -0.2) is 4.74 Å². The van der Waals surface area contributed by atoms with Crippen molar-refractivity contribution in [1.29, 1.82) is 0 Å². The van der Waals surface area contributed by atoms with E-state index in [0.29, 0.717) is 0 Å². The second-order valence-corrected chi connectivity index (χ2v) is 2.86. The summed E-state index contributed by atoms with van der Waals surface area (Å²) in [5, 5.41) is 10.4. The Morgan fingerprint density at radius 2 is 1.33 bits per heavy atom. The third-order valence-corrected chi connectivity index (χ3v) is 1.57. The van der Waals surface area contributed by atoms with E-state index in [0.717, 1.165) is 10.7 Å². The Bertz CT molecular complexity index is 161. The van der Waals surface area contributed by atoms with Gasteiger partial charge in [-0.05, 0) is 57.8 Å². The standard InChI is InChI=1S/C7H8NO.C5H5.Fe/c1-8(9)6-7-4-2-3-5-7;1-2-4-5-3-1;/h2-6H,1H3;1-5H;/q;;+2/b8-6+;;. The molecule has 0 aromatic carbocycles. The predicted molar refractivity (Wildman–Crippen MR) is 57.6 cm³/mol. The Balaban J connectivity index is 0.000000280. The van der Waals surface area contributed by atoms with E-state index in [1.807, 2.05) is 57.8 Å². The molecule has 2 aliphatic rings. The van der Waals surface area contributed by atoms with E-state index in [9.17, 15) is 5.21 Å². The Morgan fingerprint density at radius 3 is 1.67 bits per heavy atom. The zero-order valence-corrected chi connectivity index (χ0v) is 9.59. The topological polar surface area (TPSA) is 26.1 Å². The van der Waals surface area contributed by atoms with Gasteiger partial charge in [-0.15, -0.1) is 0 Å². The maximum atomic E-state index is 10.4. The van der Waals surface area contributed by atoms with Gasteiger partial charge in [0.1, 0.15) is 7.05 Å². The summed E-state index contributed by atoms with van der Waals surface area (Å²) in [5.41, 5.74) is 0. The molecule has 78 valence electrons. The summed E-state index contributed by atoms with van der Waals surface area (Å²) in [5.74, 6) is 0.951. The van der Waals surface area contributed by atoms with Crippen LogP contribution in [0.4, 0.5) is 0 Å². The van der Waals surface area contributed by atoms with Gasteiger partial charge < -0.3 is 5.21 Å². The summed E-state index contributed by atoms with van der Waals surface area (Å²) in [4.78, 5) is 0. The first-order valence-electron chi connectivity index (χ1n) is 4.42. The molecule has 0 saturated heterocycles. The van der Waals surface area contributed by atoms with E-state index in [1.54, 1.807) is 0 Å². The summed E-state index contributed by atoms with van der Waals surface area (Å²) in [7, 11) is 1.47. The van der Waals surface area contributed by atoms with Gasteiger partial charge in [0.25, 0.3) is 0 Å². The van der Waals surface area contributed by atoms with E-state index in [-0.39, 0.29) is 17.1 Å². The number of hydrogen-bond donors (Lipinski definition) is 0. The van der Waals surface area contributed by atoms with Crippen molar-refractivity contribution in [2.45, 2.75) is 0 Å². The fourth-order valence-electron chi connectivity index (χ4n) is 1.01. The van der Waals surface area contributed by atoms with Crippen molar-refractivity contribution >= 4 is 6.21 Å². The first kappa shape index (κ1) is 15.0. The number of hydroxylamine groups is 1. The molecule has 0 aromatic rings. The first-order valence-corrected chi connectivity index (χ1v) is 4.42. The number of rotatable bonds is 1. The zero-order chi connectivity index (χ0) is 10.2. The van der Waals surface area contributed by atoms with Crippen molar-refractivity contribution < 1.29 is 21.8 Å². The van der Waals surface area contributed by atoms with Crippen LogP contribution in [-0.4, -0.2) is 18.0 Å². The molecular formula is C12H13FeNO+2. The maximum Gasteiger partial charge on any atom is 2.00 e. The van der Waals surface area contributed by atoms with Crippen LogP contribution in [-0.2, 0) is 17.1 Å². The molecule has 3 heteroatoms. The summed E-state index contributed by atoms with van der Waals surface area (Å²) >= 11 is 0. The van der Waals surface area contributed by atoms with Gasteiger partial charge in [-0.3, -0.25) is 0 Å². The van der Waals surface area contributed by atoms with Gasteiger partial charge >= 0.3 is 17.1 Å². The molecule has 2 aliphatic carbocycles. The van der Waals surface area contributed by atoms with Crippen LogP contribution in [0, 0.1) is 68.9 Å². The van der Waals surface area contributed by atoms with Crippen molar-refractivity contribution in [3.05, 3.63) is 68.9 Å². The van der Waals surface area contributed by atoms with Crippen molar-refractivity contribution in [3.63, 3.8) is 0 Å². The molecule has 15 heavy (non-hydrogen) atoms. The van der Waals surface area contributed by atoms with E-state index >= 15 is 0 Å². The van der Waals surface area contributed by atoms with Crippen molar-refractivity contribution in [1.82, 2.24) is 0 Å². The molecule has 2 nitrogen and oxygen atoms in total. The van der Waals surface area contributed by atoms with Gasteiger partial charge in [0.15, 0.2) is 6.21 Å².